The van der Waals surface area contributed by atoms with Crippen molar-refractivity contribution in [2.75, 3.05) is 58.3 Å². The van der Waals surface area contributed by atoms with Gasteiger partial charge in [0.15, 0.2) is 5.13 Å². The van der Waals surface area contributed by atoms with Gasteiger partial charge in [0, 0.05) is 57.4 Å². The van der Waals surface area contributed by atoms with Gasteiger partial charge >= 0.3 is 0 Å². The van der Waals surface area contributed by atoms with Crippen molar-refractivity contribution >= 4 is 34.2 Å². The second-order valence-electron chi connectivity index (χ2n) is 7.49. The van der Waals surface area contributed by atoms with Crippen LogP contribution in [0.25, 0.3) is 0 Å². The Kier molecular flexibility index (Phi) is 9.14. The van der Waals surface area contributed by atoms with E-state index < -0.39 is 0 Å². The number of benzene rings is 1. The number of carbonyl (C=O) groups excluding carboxylic acids is 3. The summed E-state index contributed by atoms with van der Waals surface area (Å²) in [5, 5.41) is 7.92. The summed E-state index contributed by atoms with van der Waals surface area (Å²) in [5.74, 6) is -0.231. The lowest BCUT2D eigenvalue weighted by atomic mass is 10.2. The Bertz CT molecular complexity index is 897. The first kappa shape index (κ1) is 23.8. The molecule has 0 saturated carbocycles. The Morgan fingerprint density at radius 2 is 1.88 bits per heavy atom. The SMILES string of the molecule is COCCCNC(=O)CN1CCN(C(=O)Cc2csc(NC(=O)c3ccccc3)n2)CC1. The molecule has 1 saturated heterocycles. The third-order valence-electron chi connectivity index (χ3n) is 5.08. The van der Waals surface area contributed by atoms with Crippen molar-refractivity contribution in [2.45, 2.75) is 12.8 Å². The van der Waals surface area contributed by atoms with Crippen LogP contribution in [0, 0.1) is 0 Å². The molecule has 1 aliphatic heterocycles. The lowest BCUT2D eigenvalue weighted by Gasteiger charge is -2.34. The maximum atomic E-state index is 12.6. The molecular weight excluding hydrogens is 430 g/mol. The van der Waals surface area contributed by atoms with Gasteiger partial charge in [0.25, 0.3) is 5.91 Å². The van der Waals surface area contributed by atoms with Gasteiger partial charge in [0.05, 0.1) is 18.7 Å². The molecule has 0 aliphatic carbocycles. The second kappa shape index (κ2) is 12.3. The molecule has 0 atom stereocenters. The fourth-order valence-electron chi connectivity index (χ4n) is 3.33. The van der Waals surface area contributed by atoms with Gasteiger partial charge in [-0.25, -0.2) is 4.98 Å². The topological polar surface area (TPSA) is 104 Å². The van der Waals surface area contributed by atoms with Crippen LogP contribution in [0.15, 0.2) is 35.7 Å². The zero-order valence-corrected chi connectivity index (χ0v) is 19.0. The summed E-state index contributed by atoms with van der Waals surface area (Å²) >= 11 is 1.30. The Labute approximate surface area is 191 Å². The average Bonchev–Trinajstić information content (AvgIpc) is 3.24. The monoisotopic (exact) mass is 459 g/mol. The van der Waals surface area contributed by atoms with E-state index in [1.807, 2.05) is 6.07 Å². The summed E-state index contributed by atoms with van der Waals surface area (Å²) in [4.78, 5) is 45.1. The van der Waals surface area contributed by atoms with Crippen LogP contribution in [-0.4, -0.2) is 85.5 Å². The van der Waals surface area contributed by atoms with Crippen molar-refractivity contribution < 1.29 is 19.1 Å². The second-order valence-corrected chi connectivity index (χ2v) is 8.35. The fraction of sp³-hybridized carbons (Fsp3) is 0.455. The number of hydrogen-bond donors (Lipinski definition) is 2. The highest BCUT2D eigenvalue weighted by molar-refractivity contribution is 7.14. The highest BCUT2D eigenvalue weighted by Crippen LogP contribution is 2.18. The van der Waals surface area contributed by atoms with E-state index in [2.05, 4.69) is 20.5 Å². The number of carbonyl (C=O) groups is 3. The first-order valence-electron chi connectivity index (χ1n) is 10.6. The molecule has 0 spiro atoms. The minimum Gasteiger partial charge on any atom is -0.385 e. The van der Waals surface area contributed by atoms with Crippen LogP contribution in [0.1, 0.15) is 22.5 Å². The lowest BCUT2D eigenvalue weighted by Crippen LogP contribution is -2.51. The molecule has 3 amide bonds. The van der Waals surface area contributed by atoms with Crippen molar-refractivity contribution in [2.24, 2.45) is 0 Å². The zero-order valence-electron chi connectivity index (χ0n) is 18.2. The Morgan fingerprint density at radius 3 is 2.59 bits per heavy atom. The number of amides is 3. The summed E-state index contributed by atoms with van der Waals surface area (Å²) < 4.78 is 4.97. The summed E-state index contributed by atoms with van der Waals surface area (Å²) in [6.45, 7) is 4.05. The molecule has 172 valence electrons. The molecule has 0 bridgehead atoms. The van der Waals surface area contributed by atoms with Gasteiger partial charge in [-0.1, -0.05) is 18.2 Å². The first-order chi connectivity index (χ1) is 15.5. The molecule has 10 heteroatoms. The molecule has 1 fully saturated rings. The molecule has 1 aliphatic rings. The molecule has 1 aromatic carbocycles. The van der Waals surface area contributed by atoms with Gasteiger partial charge in [-0.3, -0.25) is 24.6 Å². The number of ether oxygens (including phenoxy) is 1. The quantitative estimate of drug-likeness (QED) is 0.518. The number of nitrogens with zero attached hydrogens (tertiary/aromatic N) is 3. The predicted molar refractivity (Wildman–Crippen MR) is 123 cm³/mol. The highest BCUT2D eigenvalue weighted by atomic mass is 32.1. The number of thiazole rings is 1. The van der Waals surface area contributed by atoms with Gasteiger partial charge < -0.3 is 15.0 Å². The Hall–Kier alpha value is -2.82. The maximum Gasteiger partial charge on any atom is 0.257 e. The molecule has 1 aromatic heterocycles. The van der Waals surface area contributed by atoms with Gasteiger partial charge in [-0.15, -0.1) is 11.3 Å². The fourth-order valence-corrected chi connectivity index (χ4v) is 4.04. The van der Waals surface area contributed by atoms with Crippen molar-refractivity contribution in [3.63, 3.8) is 0 Å². The predicted octanol–water partition coefficient (Wildman–Crippen LogP) is 1.23. The average molecular weight is 460 g/mol. The van der Waals surface area contributed by atoms with E-state index in [0.29, 0.717) is 62.3 Å². The van der Waals surface area contributed by atoms with E-state index in [1.54, 1.807) is 41.7 Å². The third kappa shape index (κ3) is 7.40. The molecular formula is C22H29N5O4S. The van der Waals surface area contributed by atoms with Crippen molar-refractivity contribution in [3.8, 4) is 0 Å². The number of hydrogen-bond acceptors (Lipinski definition) is 7. The number of methoxy groups -OCH3 is 1. The molecule has 0 radical (unpaired) electrons. The summed E-state index contributed by atoms with van der Waals surface area (Å²) in [6.07, 6.45) is 0.983. The van der Waals surface area contributed by atoms with Gasteiger partial charge in [0.2, 0.25) is 11.8 Å². The van der Waals surface area contributed by atoms with Crippen molar-refractivity contribution in [1.82, 2.24) is 20.1 Å². The van der Waals surface area contributed by atoms with E-state index in [1.165, 1.54) is 11.3 Å². The minimum absolute atomic E-state index is 0.0000898. The Balaban J connectivity index is 1.39. The van der Waals surface area contributed by atoms with Crippen LogP contribution in [0.5, 0.6) is 0 Å². The van der Waals surface area contributed by atoms with Gasteiger partial charge in [0.1, 0.15) is 0 Å². The maximum absolute atomic E-state index is 12.6. The minimum atomic E-state index is -0.225. The summed E-state index contributed by atoms with van der Waals surface area (Å²) in [5.41, 5.74) is 1.20. The molecule has 9 nitrogen and oxygen atoms in total. The zero-order chi connectivity index (χ0) is 22.8. The number of aromatic nitrogens is 1. The molecule has 32 heavy (non-hydrogen) atoms. The van der Waals surface area contributed by atoms with E-state index in [0.717, 1.165) is 6.42 Å². The van der Waals surface area contributed by atoms with Gasteiger partial charge in [-0.2, -0.15) is 0 Å². The van der Waals surface area contributed by atoms with Gasteiger partial charge in [-0.05, 0) is 18.6 Å². The molecule has 0 unspecified atom stereocenters. The first-order valence-corrected chi connectivity index (χ1v) is 11.5. The van der Waals surface area contributed by atoms with E-state index in [9.17, 15) is 14.4 Å². The van der Waals surface area contributed by atoms with E-state index in [-0.39, 0.29) is 24.1 Å². The summed E-state index contributed by atoms with van der Waals surface area (Å²) in [7, 11) is 1.64. The molecule has 2 aromatic rings. The lowest BCUT2D eigenvalue weighted by molar-refractivity contribution is -0.132. The number of anilines is 1. The number of piperazine rings is 1. The standard InChI is InChI=1S/C22H29N5O4S/c1-31-13-5-8-23-19(28)15-26-9-11-27(12-10-26)20(29)14-18-16-32-22(24-18)25-21(30)17-6-3-2-4-7-17/h2-4,6-7,16H,5,8-15H2,1H3,(H,23,28)(H,24,25,30). The van der Waals surface area contributed by atoms with Crippen LogP contribution in [-0.2, 0) is 20.7 Å². The normalized spacial score (nSPS) is 14.2. The smallest absolute Gasteiger partial charge is 0.257 e. The summed E-state index contributed by atoms with van der Waals surface area (Å²) in [6, 6.07) is 8.92. The number of rotatable bonds is 10. The van der Waals surface area contributed by atoms with Crippen LogP contribution >= 0.6 is 11.3 Å². The molecule has 2 heterocycles. The Morgan fingerprint density at radius 1 is 1.12 bits per heavy atom. The largest absolute Gasteiger partial charge is 0.385 e. The molecule has 2 N–H and O–H groups in total. The van der Waals surface area contributed by atoms with Crippen LogP contribution in [0.3, 0.4) is 0 Å². The van der Waals surface area contributed by atoms with Crippen LogP contribution < -0.4 is 10.6 Å². The van der Waals surface area contributed by atoms with Crippen LogP contribution in [0.2, 0.25) is 0 Å². The van der Waals surface area contributed by atoms with E-state index in [4.69, 9.17) is 4.74 Å². The van der Waals surface area contributed by atoms with E-state index >= 15 is 0 Å². The van der Waals surface area contributed by atoms with Crippen LogP contribution in [0.4, 0.5) is 5.13 Å². The van der Waals surface area contributed by atoms with Crippen molar-refractivity contribution in [1.29, 1.82) is 0 Å². The van der Waals surface area contributed by atoms with Crippen molar-refractivity contribution in [3.05, 3.63) is 47.0 Å². The molecule has 3 rings (SSSR count). The number of nitrogens with one attached hydrogen (secondary N) is 2. The third-order valence-corrected chi connectivity index (χ3v) is 5.89. The highest BCUT2D eigenvalue weighted by Gasteiger charge is 2.23.